The Balaban J connectivity index is 2.43. The summed E-state index contributed by atoms with van der Waals surface area (Å²) >= 11 is 0. The van der Waals surface area contributed by atoms with E-state index in [9.17, 15) is 4.79 Å². The second-order valence-electron chi connectivity index (χ2n) is 3.73. The molecule has 0 atom stereocenters. The molecule has 0 aliphatic rings. The summed E-state index contributed by atoms with van der Waals surface area (Å²) in [5, 5.41) is 2.87. The third-order valence-electron chi connectivity index (χ3n) is 2.45. The van der Waals surface area contributed by atoms with Gasteiger partial charge in [-0.25, -0.2) is 4.98 Å². The number of pyridine rings is 1. The largest absolute Gasteiger partial charge is 0.351 e. The van der Waals surface area contributed by atoms with Gasteiger partial charge in [-0.2, -0.15) is 0 Å². The van der Waals surface area contributed by atoms with E-state index >= 15 is 0 Å². The lowest BCUT2D eigenvalue weighted by molar-refractivity contribution is 0.0947. The van der Waals surface area contributed by atoms with Gasteiger partial charge in [-0.05, 0) is 25.5 Å². The van der Waals surface area contributed by atoms with Gasteiger partial charge in [-0.15, -0.1) is 0 Å². The van der Waals surface area contributed by atoms with Gasteiger partial charge in [0.25, 0.3) is 5.91 Å². The van der Waals surface area contributed by atoms with Crippen molar-refractivity contribution in [3.05, 3.63) is 35.8 Å². The summed E-state index contributed by atoms with van der Waals surface area (Å²) in [6.45, 7) is 4.58. The predicted octanol–water partition coefficient (Wildman–Crippen LogP) is 1.78. The molecule has 4 heteroatoms. The van der Waals surface area contributed by atoms with E-state index < -0.39 is 0 Å². The topological polar surface area (TPSA) is 46.4 Å². The molecule has 2 aromatic heterocycles. The Labute approximate surface area is 94.3 Å². The number of fused-ring (bicyclic) bond motifs is 1. The maximum Gasteiger partial charge on any atom is 0.270 e. The molecule has 0 radical (unpaired) electrons. The lowest BCUT2D eigenvalue weighted by atomic mass is 10.3. The zero-order chi connectivity index (χ0) is 11.5. The first-order valence-electron chi connectivity index (χ1n) is 5.46. The van der Waals surface area contributed by atoms with Crippen LogP contribution in [0.5, 0.6) is 0 Å². The smallest absolute Gasteiger partial charge is 0.270 e. The molecule has 0 aromatic carbocycles. The van der Waals surface area contributed by atoms with E-state index in [0.29, 0.717) is 12.2 Å². The molecule has 2 heterocycles. The molecule has 0 saturated heterocycles. The zero-order valence-corrected chi connectivity index (χ0v) is 9.53. The van der Waals surface area contributed by atoms with Crippen LogP contribution in [0.2, 0.25) is 0 Å². The first kappa shape index (κ1) is 10.7. The van der Waals surface area contributed by atoms with Gasteiger partial charge < -0.3 is 5.32 Å². The van der Waals surface area contributed by atoms with Gasteiger partial charge in [0.2, 0.25) is 0 Å². The summed E-state index contributed by atoms with van der Waals surface area (Å²) in [6.07, 6.45) is 2.79. The number of hydrogen-bond acceptors (Lipinski definition) is 2. The summed E-state index contributed by atoms with van der Waals surface area (Å²) in [6, 6.07) is 5.70. The van der Waals surface area contributed by atoms with Gasteiger partial charge >= 0.3 is 0 Å². The highest BCUT2D eigenvalue weighted by Gasteiger charge is 2.14. The molecule has 0 saturated carbocycles. The molecule has 84 valence electrons. The van der Waals surface area contributed by atoms with Gasteiger partial charge in [-0.3, -0.25) is 9.20 Å². The first-order valence-corrected chi connectivity index (χ1v) is 5.46. The summed E-state index contributed by atoms with van der Waals surface area (Å²) in [4.78, 5) is 16.3. The first-order chi connectivity index (χ1) is 7.74. The third-order valence-corrected chi connectivity index (χ3v) is 2.45. The van der Waals surface area contributed by atoms with Crippen molar-refractivity contribution in [3.8, 4) is 0 Å². The molecule has 1 N–H and O–H groups in total. The predicted molar refractivity (Wildman–Crippen MR) is 62.6 cm³/mol. The summed E-state index contributed by atoms with van der Waals surface area (Å²) < 4.78 is 1.82. The maximum atomic E-state index is 11.9. The standard InChI is InChI=1S/C12H15N3O/c1-3-7-13-12(16)11-9(2)14-10-6-4-5-8-15(10)11/h4-6,8H,3,7H2,1-2H3,(H,13,16). The number of aryl methyl sites for hydroxylation is 1. The van der Waals surface area contributed by atoms with E-state index in [-0.39, 0.29) is 5.91 Å². The minimum Gasteiger partial charge on any atom is -0.351 e. The molecular formula is C12H15N3O. The van der Waals surface area contributed by atoms with E-state index in [1.54, 1.807) is 0 Å². The van der Waals surface area contributed by atoms with Gasteiger partial charge in [0, 0.05) is 12.7 Å². The fraction of sp³-hybridized carbons (Fsp3) is 0.333. The van der Waals surface area contributed by atoms with Gasteiger partial charge in [0.05, 0.1) is 5.69 Å². The van der Waals surface area contributed by atoms with Crippen LogP contribution in [0.25, 0.3) is 5.65 Å². The monoisotopic (exact) mass is 217 g/mol. The molecule has 1 amide bonds. The average molecular weight is 217 g/mol. The van der Waals surface area contributed by atoms with E-state index in [0.717, 1.165) is 17.8 Å². The van der Waals surface area contributed by atoms with Crippen LogP contribution in [0.3, 0.4) is 0 Å². The molecule has 2 aromatic rings. The average Bonchev–Trinajstić information content (AvgIpc) is 2.62. The minimum absolute atomic E-state index is 0.0574. The number of nitrogens with one attached hydrogen (secondary N) is 1. The highest BCUT2D eigenvalue weighted by molar-refractivity contribution is 5.94. The molecule has 0 fully saturated rings. The van der Waals surface area contributed by atoms with Crippen LogP contribution in [-0.2, 0) is 0 Å². The number of aromatic nitrogens is 2. The Morgan fingerprint density at radius 2 is 2.31 bits per heavy atom. The summed E-state index contributed by atoms with van der Waals surface area (Å²) in [5.74, 6) is -0.0574. The Morgan fingerprint density at radius 3 is 3.06 bits per heavy atom. The lowest BCUT2D eigenvalue weighted by Gasteiger charge is -2.03. The summed E-state index contributed by atoms with van der Waals surface area (Å²) in [5.41, 5.74) is 2.20. The number of imidazole rings is 1. The Morgan fingerprint density at radius 1 is 1.50 bits per heavy atom. The molecule has 0 aliphatic heterocycles. The van der Waals surface area contributed by atoms with Crippen LogP contribution in [0.1, 0.15) is 29.5 Å². The third kappa shape index (κ3) is 1.78. The van der Waals surface area contributed by atoms with Crippen LogP contribution in [0.4, 0.5) is 0 Å². The molecule has 16 heavy (non-hydrogen) atoms. The highest BCUT2D eigenvalue weighted by Crippen LogP contribution is 2.11. The fourth-order valence-electron chi connectivity index (χ4n) is 1.71. The molecule has 2 rings (SSSR count). The normalized spacial score (nSPS) is 10.6. The van der Waals surface area contributed by atoms with Gasteiger partial charge in [0.1, 0.15) is 11.3 Å². The molecule has 4 nitrogen and oxygen atoms in total. The van der Waals surface area contributed by atoms with Crippen LogP contribution >= 0.6 is 0 Å². The van der Waals surface area contributed by atoms with E-state index in [4.69, 9.17) is 0 Å². The van der Waals surface area contributed by atoms with Crippen LogP contribution < -0.4 is 5.32 Å². The number of rotatable bonds is 3. The second-order valence-corrected chi connectivity index (χ2v) is 3.73. The van der Waals surface area contributed by atoms with Gasteiger partial charge in [-0.1, -0.05) is 13.0 Å². The van der Waals surface area contributed by atoms with E-state index in [2.05, 4.69) is 10.3 Å². The Kier molecular flexibility index (Phi) is 2.90. The van der Waals surface area contributed by atoms with Crippen molar-refractivity contribution in [2.45, 2.75) is 20.3 Å². The Hall–Kier alpha value is -1.84. The van der Waals surface area contributed by atoms with Gasteiger partial charge in [0.15, 0.2) is 0 Å². The van der Waals surface area contributed by atoms with Crippen molar-refractivity contribution in [3.63, 3.8) is 0 Å². The van der Waals surface area contributed by atoms with Crippen molar-refractivity contribution >= 4 is 11.6 Å². The van der Waals surface area contributed by atoms with Crippen molar-refractivity contribution in [1.29, 1.82) is 0 Å². The maximum absolute atomic E-state index is 11.9. The number of carbonyl (C=O) groups is 1. The fourth-order valence-corrected chi connectivity index (χ4v) is 1.71. The second kappa shape index (κ2) is 4.35. The highest BCUT2D eigenvalue weighted by atomic mass is 16.1. The van der Waals surface area contributed by atoms with Crippen molar-refractivity contribution < 1.29 is 4.79 Å². The quantitative estimate of drug-likeness (QED) is 0.851. The van der Waals surface area contributed by atoms with E-state index in [1.807, 2.05) is 42.6 Å². The van der Waals surface area contributed by atoms with Crippen molar-refractivity contribution in [1.82, 2.24) is 14.7 Å². The lowest BCUT2D eigenvalue weighted by Crippen LogP contribution is -2.26. The van der Waals surface area contributed by atoms with E-state index in [1.165, 1.54) is 0 Å². The molecule has 0 aliphatic carbocycles. The minimum atomic E-state index is -0.0574. The SMILES string of the molecule is CCCNC(=O)c1c(C)nc2ccccn12. The number of carbonyl (C=O) groups excluding carboxylic acids is 1. The van der Waals surface area contributed by atoms with Crippen molar-refractivity contribution in [2.24, 2.45) is 0 Å². The van der Waals surface area contributed by atoms with Crippen molar-refractivity contribution in [2.75, 3.05) is 6.54 Å². The molecular weight excluding hydrogens is 202 g/mol. The molecule has 0 bridgehead atoms. The van der Waals surface area contributed by atoms with Crippen LogP contribution in [0, 0.1) is 6.92 Å². The molecule has 0 unspecified atom stereocenters. The zero-order valence-electron chi connectivity index (χ0n) is 9.53. The Bertz CT molecular complexity index is 516. The number of amides is 1. The number of hydrogen-bond donors (Lipinski definition) is 1. The number of nitrogens with zero attached hydrogens (tertiary/aromatic N) is 2. The summed E-state index contributed by atoms with van der Waals surface area (Å²) in [7, 11) is 0. The molecule has 0 spiro atoms. The van der Waals surface area contributed by atoms with Crippen LogP contribution in [0.15, 0.2) is 24.4 Å². The van der Waals surface area contributed by atoms with Crippen LogP contribution in [-0.4, -0.2) is 21.8 Å².